The predicted octanol–water partition coefficient (Wildman–Crippen LogP) is 4.06. The van der Waals surface area contributed by atoms with Crippen molar-refractivity contribution in [3.63, 3.8) is 0 Å². The van der Waals surface area contributed by atoms with Crippen LogP contribution in [0.4, 0.5) is 0 Å². The first-order chi connectivity index (χ1) is 15.2. The van der Waals surface area contributed by atoms with E-state index in [-0.39, 0.29) is 11.9 Å². The predicted molar refractivity (Wildman–Crippen MR) is 120 cm³/mol. The van der Waals surface area contributed by atoms with E-state index in [0.29, 0.717) is 24.5 Å². The van der Waals surface area contributed by atoms with Gasteiger partial charge in [-0.25, -0.2) is 4.98 Å². The molecule has 1 saturated heterocycles. The number of oxazole rings is 1. The summed E-state index contributed by atoms with van der Waals surface area (Å²) in [7, 11) is 1.64. The fourth-order valence-corrected chi connectivity index (χ4v) is 3.99. The zero-order valence-electron chi connectivity index (χ0n) is 17.9. The van der Waals surface area contributed by atoms with Crippen LogP contribution in [0.2, 0.25) is 0 Å². The Hall–Kier alpha value is -3.12. The van der Waals surface area contributed by atoms with Crippen LogP contribution in [0.3, 0.4) is 0 Å². The van der Waals surface area contributed by atoms with Crippen LogP contribution in [-0.2, 0) is 17.8 Å². The van der Waals surface area contributed by atoms with Gasteiger partial charge in [0.05, 0.1) is 13.3 Å². The van der Waals surface area contributed by atoms with E-state index in [2.05, 4.69) is 39.5 Å². The smallest absolute Gasteiger partial charge is 0.220 e. The first kappa shape index (κ1) is 21.1. The third kappa shape index (κ3) is 5.95. The third-order valence-corrected chi connectivity index (χ3v) is 5.61. The van der Waals surface area contributed by atoms with Crippen molar-refractivity contribution in [1.82, 2.24) is 15.2 Å². The van der Waals surface area contributed by atoms with Crippen LogP contribution in [0, 0.1) is 0 Å². The van der Waals surface area contributed by atoms with Crippen LogP contribution in [0.5, 0.6) is 5.75 Å². The molecule has 1 aliphatic heterocycles. The summed E-state index contributed by atoms with van der Waals surface area (Å²) in [6.07, 6.45) is 4.69. The number of aryl methyl sites for hydroxylation is 1. The Balaban J connectivity index is 1.24. The molecule has 0 spiro atoms. The number of piperidine rings is 1. The highest BCUT2D eigenvalue weighted by atomic mass is 16.5. The summed E-state index contributed by atoms with van der Waals surface area (Å²) in [5.41, 5.74) is 2.25. The van der Waals surface area contributed by atoms with Crippen LogP contribution in [-0.4, -0.2) is 42.0 Å². The van der Waals surface area contributed by atoms with Crippen molar-refractivity contribution in [2.45, 2.75) is 38.3 Å². The topological polar surface area (TPSA) is 67.6 Å². The van der Waals surface area contributed by atoms with Gasteiger partial charge in [0.25, 0.3) is 0 Å². The molecule has 1 atom stereocenters. The summed E-state index contributed by atoms with van der Waals surface area (Å²) in [5.74, 6) is 2.12. The molecule has 31 heavy (non-hydrogen) atoms. The van der Waals surface area contributed by atoms with Gasteiger partial charge in [-0.05, 0) is 49.2 Å². The van der Waals surface area contributed by atoms with Gasteiger partial charge in [-0.1, -0.05) is 30.3 Å². The van der Waals surface area contributed by atoms with Gasteiger partial charge in [-0.15, -0.1) is 0 Å². The highest BCUT2D eigenvalue weighted by molar-refractivity contribution is 5.76. The number of carbonyl (C=O) groups is 1. The maximum atomic E-state index is 12.5. The first-order valence-corrected chi connectivity index (χ1v) is 10.8. The second kappa shape index (κ2) is 10.3. The van der Waals surface area contributed by atoms with E-state index in [1.165, 1.54) is 5.56 Å². The lowest BCUT2D eigenvalue weighted by Crippen LogP contribution is -2.47. The average Bonchev–Trinajstić information content (AvgIpc) is 3.28. The fourth-order valence-electron chi connectivity index (χ4n) is 3.99. The molecule has 4 rings (SSSR count). The van der Waals surface area contributed by atoms with Crippen molar-refractivity contribution in [3.05, 3.63) is 72.2 Å². The Morgan fingerprint density at radius 2 is 2.00 bits per heavy atom. The van der Waals surface area contributed by atoms with Gasteiger partial charge in [0, 0.05) is 37.5 Å². The molecular weight excluding hydrogens is 390 g/mol. The number of hydrogen-bond donors (Lipinski definition) is 1. The van der Waals surface area contributed by atoms with Crippen molar-refractivity contribution in [2.24, 2.45) is 0 Å². The van der Waals surface area contributed by atoms with Gasteiger partial charge >= 0.3 is 0 Å². The van der Waals surface area contributed by atoms with Gasteiger partial charge in [-0.2, -0.15) is 0 Å². The minimum Gasteiger partial charge on any atom is -0.497 e. The number of nitrogens with zero attached hydrogens (tertiary/aromatic N) is 2. The van der Waals surface area contributed by atoms with Gasteiger partial charge in [0.15, 0.2) is 11.7 Å². The normalized spacial score (nSPS) is 16.7. The SMILES string of the molecule is COc1ccc(-c2cnc(CCC(=O)NC3CCCN(Cc4ccccc4)C3)o2)cc1. The number of nitrogens with one attached hydrogen (secondary N) is 1. The molecule has 0 saturated carbocycles. The molecule has 1 aliphatic rings. The number of amides is 1. The molecule has 0 radical (unpaired) electrons. The second-order valence-corrected chi connectivity index (χ2v) is 7.97. The Labute approximate surface area is 183 Å². The highest BCUT2D eigenvalue weighted by Gasteiger charge is 2.21. The van der Waals surface area contributed by atoms with Crippen LogP contribution in [0.15, 0.2) is 65.2 Å². The Kier molecular flexibility index (Phi) is 6.99. The Morgan fingerprint density at radius 3 is 2.77 bits per heavy atom. The number of ether oxygens (including phenoxy) is 1. The van der Waals surface area contributed by atoms with Crippen LogP contribution < -0.4 is 10.1 Å². The molecule has 2 heterocycles. The highest BCUT2D eigenvalue weighted by Crippen LogP contribution is 2.23. The number of carbonyl (C=O) groups excluding carboxylic acids is 1. The largest absolute Gasteiger partial charge is 0.497 e. The number of benzene rings is 2. The van der Waals surface area contributed by atoms with Gasteiger partial charge in [-0.3, -0.25) is 9.69 Å². The quantitative estimate of drug-likeness (QED) is 0.596. The lowest BCUT2D eigenvalue weighted by molar-refractivity contribution is -0.122. The van der Waals surface area contributed by atoms with Crippen molar-refractivity contribution >= 4 is 5.91 Å². The van der Waals surface area contributed by atoms with Crippen LogP contribution in [0.25, 0.3) is 11.3 Å². The maximum Gasteiger partial charge on any atom is 0.220 e. The van der Waals surface area contributed by atoms with Gasteiger partial charge in [0.2, 0.25) is 5.91 Å². The van der Waals surface area contributed by atoms with E-state index in [4.69, 9.17) is 9.15 Å². The van der Waals surface area contributed by atoms with Crippen LogP contribution >= 0.6 is 0 Å². The summed E-state index contributed by atoms with van der Waals surface area (Å²) in [5, 5.41) is 3.19. The molecule has 1 amide bonds. The average molecular weight is 420 g/mol. The Morgan fingerprint density at radius 1 is 1.19 bits per heavy atom. The monoisotopic (exact) mass is 419 g/mol. The third-order valence-electron chi connectivity index (χ3n) is 5.61. The number of aromatic nitrogens is 1. The van der Waals surface area contributed by atoms with E-state index in [1.54, 1.807) is 13.3 Å². The summed E-state index contributed by atoms with van der Waals surface area (Å²) < 4.78 is 11.0. The minimum absolute atomic E-state index is 0.0516. The maximum absolute atomic E-state index is 12.5. The molecule has 3 aromatic rings. The summed E-state index contributed by atoms with van der Waals surface area (Å²) in [6.45, 7) is 2.89. The molecule has 6 heteroatoms. The molecule has 162 valence electrons. The lowest BCUT2D eigenvalue weighted by Gasteiger charge is -2.33. The van der Waals surface area contributed by atoms with Crippen LogP contribution in [0.1, 0.15) is 30.7 Å². The number of hydrogen-bond acceptors (Lipinski definition) is 5. The lowest BCUT2D eigenvalue weighted by atomic mass is 10.0. The van der Waals surface area contributed by atoms with E-state index in [9.17, 15) is 4.79 Å². The molecular formula is C25H29N3O3. The minimum atomic E-state index is 0.0516. The second-order valence-electron chi connectivity index (χ2n) is 7.97. The first-order valence-electron chi connectivity index (χ1n) is 10.8. The van der Waals surface area contributed by atoms with Crippen molar-refractivity contribution in [1.29, 1.82) is 0 Å². The summed E-state index contributed by atoms with van der Waals surface area (Å²) in [4.78, 5) is 19.2. The Bertz CT molecular complexity index is 969. The molecule has 2 aromatic carbocycles. The summed E-state index contributed by atoms with van der Waals surface area (Å²) in [6, 6.07) is 18.3. The standard InChI is InChI=1S/C25H29N3O3/c1-30-22-11-9-20(10-12-22)23-16-26-25(31-23)14-13-24(29)27-21-8-5-15-28(18-21)17-19-6-3-2-4-7-19/h2-4,6-7,9-12,16,21H,5,8,13-15,17-18H2,1H3,(H,27,29). The van der Waals surface area contributed by atoms with E-state index in [0.717, 1.165) is 43.8 Å². The molecule has 1 fully saturated rings. The molecule has 0 aliphatic carbocycles. The molecule has 0 bridgehead atoms. The zero-order valence-corrected chi connectivity index (χ0v) is 17.9. The number of likely N-dealkylation sites (tertiary alicyclic amines) is 1. The van der Waals surface area contributed by atoms with E-state index >= 15 is 0 Å². The molecule has 6 nitrogen and oxygen atoms in total. The fraction of sp³-hybridized carbons (Fsp3) is 0.360. The zero-order chi connectivity index (χ0) is 21.5. The summed E-state index contributed by atoms with van der Waals surface area (Å²) >= 11 is 0. The molecule has 1 aromatic heterocycles. The van der Waals surface area contributed by atoms with Gasteiger partial charge < -0.3 is 14.5 Å². The van der Waals surface area contributed by atoms with Crippen molar-refractivity contribution in [2.75, 3.05) is 20.2 Å². The molecule has 1 unspecified atom stereocenters. The van der Waals surface area contributed by atoms with E-state index < -0.39 is 0 Å². The number of rotatable bonds is 8. The van der Waals surface area contributed by atoms with Gasteiger partial charge in [0.1, 0.15) is 5.75 Å². The van der Waals surface area contributed by atoms with Crippen molar-refractivity contribution in [3.8, 4) is 17.1 Å². The van der Waals surface area contributed by atoms with Crippen molar-refractivity contribution < 1.29 is 13.9 Å². The van der Waals surface area contributed by atoms with E-state index in [1.807, 2.05) is 30.3 Å². The molecule has 1 N–H and O–H groups in total. The number of methoxy groups -OCH3 is 1.